The molecule has 1 aromatic carbocycles. The largest absolute Gasteiger partial charge is 0.490 e. The Bertz CT molecular complexity index is 560. The van der Waals surface area contributed by atoms with E-state index >= 15 is 0 Å². The number of benzene rings is 1. The smallest absolute Gasteiger partial charge is 0.324 e. The van der Waals surface area contributed by atoms with Gasteiger partial charge in [0.25, 0.3) is 0 Å². The molecule has 0 radical (unpaired) electrons. The van der Waals surface area contributed by atoms with Gasteiger partial charge in [-0.3, -0.25) is 14.5 Å². The Kier molecular flexibility index (Phi) is 6.40. The normalized spacial score (nSPS) is 13.9. The Morgan fingerprint density at radius 3 is 2.61 bits per heavy atom. The van der Waals surface area contributed by atoms with Crippen molar-refractivity contribution in [1.82, 2.24) is 10.2 Å². The monoisotopic (exact) mass is 384 g/mol. The van der Waals surface area contributed by atoms with Crippen LogP contribution in [0.15, 0.2) is 28.7 Å². The number of imide groups is 1. The van der Waals surface area contributed by atoms with E-state index in [9.17, 15) is 14.4 Å². The van der Waals surface area contributed by atoms with E-state index in [1.807, 2.05) is 24.3 Å². The van der Waals surface area contributed by atoms with Crippen LogP contribution in [0.25, 0.3) is 0 Å². The Morgan fingerprint density at radius 2 is 1.96 bits per heavy atom. The van der Waals surface area contributed by atoms with Gasteiger partial charge in [0.15, 0.2) is 0 Å². The molecule has 0 bridgehead atoms. The first-order valence-electron chi connectivity index (χ1n) is 7.18. The van der Waals surface area contributed by atoms with Crippen molar-refractivity contribution in [2.24, 2.45) is 0 Å². The molecule has 1 aliphatic heterocycles. The van der Waals surface area contributed by atoms with Crippen LogP contribution >= 0.6 is 15.9 Å². The van der Waals surface area contributed by atoms with Gasteiger partial charge in [0.05, 0.1) is 6.54 Å². The minimum Gasteiger partial charge on any atom is -0.490 e. The van der Waals surface area contributed by atoms with E-state index in [0.29, 0.717) is 12.2 Å². The highest BCUT2D eigenvalue weighted by atomic mass is 79.9. The van der Waals surface area contributed by atoms with E-state index in [-0.39, 0.29) is 44.6 Å². The molecule has 1 saturated heterocycles. The molecule has 124 valence electrons. The molecule has 23 heavy (non-hydrogen) atoms. The summed E-state index contributed by atoms with van der Waals surface area (Å²) in [6, 6.07) is 6.92. The van der Waals surface area contributed by atoms with E-state index in [2.05, 4.69) is 21.2 Å². The predicted molar refractivity (Wildman–Crippen MR) is 84.9 cm³/mol. The summed E-state index contributed by atoms with van der Waals surface area (Å²) in [5.41, 5.74) is 0. The number of nitrogens with zero attached hydrogens (tertiary/aromatic N) is 1. The summed E-state index contributed by atoms with van der Waals surface area (Å²) in [5, 5.41) is 2.42. The zero-order chi connectivity index (χ0) is 16.7. The molecule has 1 aliphatic rings. The van der Waals surface area contributed by atoms with Crippen LogP contribution in [-0.4, -0.2) is 49.1 Å². The van der Waals surface area contributed by atoms with Crippen LogP contribution in [0.2, 0.25) is 0 Å². The standard InChI is InChI=1S/C15H17BrN2O5/c16-11-3-5-12(6-4-11)22-8-9-23-14(20)2-1-7-18-13(19)10-17-15(18)21/h3-6H,1-2,7-10H2,(H,17,21). The molecular weight excluding hydrogens is 368 g/mol. The van der Waals surface area contributed by atoms with Crippen molar-refractivity contribution in [2.75, 3.05) is 26.3 Å². The molecule has 0 atom stereocenters. The van der Waals surface area contributed by atoms with Gasteiger partial charge in [-0.2, -0.15) is 0 Å². The van der Waals surface area contributed by atoms with Crippen molar-refractivity contribution < 1.29 is 23.9 Å². The molecule has 0 spiro atoms. The Labute approximate surface area is 142 Å². The van der Waals surface area contributed by atoms with E-state index < -0.39 is 6.03 Å². The molecule has 7 nitrogen and oxygen atoms in total. The van der Waals surface area contributed by atoms with Crippen molar-refractivity contribution in [3.8, 4) is 5.75 Å². The fourth-order valence-electron chi connectivity index (χ4n) is 1.98. The highest BCUT2D eigenvalue weighted by molar-refractivity contribution is 9.10. The highest BCUT2D eigenvalue weighted by Gasteiger charge is 2.27. The van der Waals surface area contributed by atoms with Gasteiger partial charge in [0.2, 0.25) is 5.91 Å². The van der Waals surface area contributed by atoms with Crippen molar-refractivity contribution in [1.29, 1.82) is 0 Å². The quantitative estimate of drug-likeness (QED) is 0.418. The highest BCUT2D eigenvalue weighted by Crippen LogP contribution is 2.15. The topological polar surface area (TPSA) is 84.9 Å². The molecule has 2 rings (SSSR count). The van der Waals surface area contributed by atoms with Crippen LogP contribution < -0.4 is 10.1 Å². The minimum absolute atomic E-state index is 0.0245. The fraction of sp³-hybridized carbons (Fsp3) is 0.400. The van der Waals surface area contributed by atoms with Crippen LogP contribution in [0.4, 0.5) is 4.79 Å². The molecule has 0 saturated carbocycles. The maximum Gasteiger partial charge on any atom is 0.324 e. The first-order chi connectivity index (χ1) is 11.1. The second-order valence-corrected chi connectivity index (χ2v) is 5.75. The van der Waals surface area contributed by atoms with E-state index in [1.165, 1.54) is 0 Å². The number of rotatable bonds is 8. The Morgan fingerprint density at radius 1 is 1.22 bits per heavy atom. The third-order valence-corrected chi connectivity index (χ3v) is 3.66. The Balaban J connectivity index is 1.55. The molecule has 1 fully saturated rings. The van der Waals surface area contributed by atoms with Gasteiger partial charge in [-0.1, -0.05) is 15.9 Å². The number of ether oxygens (including phenoxy) is 2. The van der Waals surface area contributed by atoms with Gasteiger partial charge >= 0.3 is 12.0 Å². The summed E-state index contributed by atoms with van der Waals surface area (Å²) >= 11 is 3.33. The molecule has 1 N–H and O–H groups in total. The lowest BCUT2D eigenvalue weighted by Crippen LogP contribution is -2.32. The zero-order valence-corrected chi connectivity index (χ0v) is 14.0. The molecule has 1 heterocycles. The third kappa shape index (κ3) is 5.55. The third-order valence-electron chi connectivity index (χ3n) is 3.13. The van der Waals surface area contributed by atoms with Crippen molar-refractivity contribution in [3.05, 3.63) is 28.7 Å². The van der Waals surface area contributed by atoms with Gasteiger partial charge in [-0.25, -0.2) is 4.79 Å². The summed E-state index contributed by atoms with van der Waals surface area (Å²) in [4.78, 5) is 35.3. The molecule has 0 aliphatic carbocycles. The molecule has 0 unspecified atom stereocenters. The number of amides is 3. The fourth-order valence-corrected chi connectivity index (χ4v) is 2.25. The van der Waals surface area contributed by atoms with Crippen LogP contribution in [0, 0.1) is 0 Å². The van der Waals surface area contributed by atoms with Crippen LogP contribution in [0.5, 0.6) is 5.75 Å². The molecule has 1 aromatic rings. The number of urea groups is 1. The number of hydrogen-bond acceptors (Lipinski definition) is 5. The first-order valence-corrected chi connectivity index (χ1v) is 7.98. The van der Waals surface area contributed by atoms with Crippen LogP contribution in [-0.2, 0) is 14.3 Å². The summed E-state index contributed by atoms with van der Waals surface area (Å²) in [7, 11) is 0. The summed E-state index contributed by atoms with van der Waals surface area (Å²) < 4.78 is 11.4. The van der Waals surface area contributed by atoms with Gasteiger partial charge in [-0.15, -0.1) is 0 Å². The summed E-state index contributed by atoms with van der Waals surface area (Å²) in [6.07, 6.45) is 0.529. The number of hydrogen-bond donors (Lipinski definition) is 1. The number of halogens is 1. The van der Waals surface area contributed by atoms with E-state index in [4.69, 9.17) is 9.47 Å². The zero-order valence-electron chi connectivity index (χ0n) is 12.4. The van der Waals surface area contributed by atoms with Crippen molar-refractivity contribution >= 4 is 33.8 Å². The lowest BCUT2D eigenvalue weighted by Gasteiger charge is -2.11. The maximum atomic E-state index is 11.5. The molecular formula is C15H17BrN2O5. The van der Waals surface area contributed by atoms with Gasteiger partial charge in [0.1, 0.15) is 19.0 Å². The van der Waals surface area contributed by atoms with Crippen LogP contribution in [0.1, 0.15) is 12.8 Å². The maximum absolute atomic E-state index is 11.5. The lowest BCUT2D eigenvalue weighted by molar-refractivity contribution is -0.144. The van der Waals surface area contributed by atoms with Crippen molar-refractivity contribution in [3.63, 3.8) is 0 Å². The SMILES string of the molecule is O=C(CCCN1C(=O)CNC1=O)OCCOc1ccc(Br)cc1. The predicted octanol–water partition coefficient (Wildman–Crippen LogP) is 1.70. The molecule has 0 aromatic heterocycles. The van der Waals surface area contributed by atoms with E-state index in [1.54, 1.807) is 0 Å². The number of nitrogens with one attached hydrogen (secondary N) is 1. The molecule has 3 amide bonds. The first kappa shape index (κ1) is 17.3. The number of esters is 1. The van der Waals surface area contributed by atoms with E-state index in [0.717, 1.165) is 9.37 Å². The lowest BCUT2D eigenvalue weighted by atomic mass is 10.3. The van der Waals surface area contributed by atoms with Gasteiger partial charge in [0, 0.05) is 17.4 Å². The van der Waals surface area contributed by atoms with Gasteiger partial charge < -0.3 is 14.8 Å². The Hall–Kier alpha value is -2.09. The number of carbonyl (C=O) groups excluding carboxylic acids is 3. The molecule has 8 heteroatoms. The summed E-state index contributed by atoms with van der Waals surface area (Å²) in [5.74, 6) is 0.0468. The van der Waals surface area contributed by atoms with Gasteiger partial charge in [-0.05, 0) is 30.7 Å². The second-order valence-electron chi connectivity index (χ2n) is 4.83. The number of carbonyl (C=O) groups is 3. The second kappa shape index (κ2) is 8.52. The van der Waals surface area contributed by atoms with Crippen molar-refractivity contribution in [2.45, 2.75) is 12.8 Å². The summed E-state index contributed by atoms with van der Waals surface area (Å²) in [6.45, 7) is 0.657. The van der Waals surface area contributed by atoms with Crippen LogP contribution in [0.3, 0.4) is 0 Å². The average molecular weight is 385 g/mol. The minimum atomic E-state index is -0.411. The average Bonchev–Trinajstić information content (AvgIpc) is 2.85.